The van der Waals surface area contributed by atoms with Crippen molar-refractivity contribution in [2.75, 3.05) is 11.9 Å². The van der Waals surface area contributed by atoms with Crippen LogP contribution in [0.4, 0.5) is 5.69 Å². The predicted molar refractivity (Wildman–Crippen MR) is 106 cm³/mol. The van der Waals surface area contributed by atoms with E-state index < -0.39 is 0 Å². The normalized spacial score (nSPS) is 13.8. The number of nitrogens with zero attached hydrogens (tertiary/aromatic N) is 1. The van der Waals surface area contributed by atoms with E-state index in [1.807, 2.05) is 41.3 Å². The molecule has 25 heavy (non-hydrogen) atoms. The van der Waals surface area contributed by atoms with Gasteiger partial charge in [-0.2, -0.15) is 0 Å². The summed E-state index contributed by atoms with van der Waals surface area (Å²) in [4.78, 5) is 13.8. The van der Waals surface area contributed by atoms with Crippen LogP contribution >= 0.6 is 23.8 Å². The minimum atomic E-state index is 0.239. The van der Waals surface area contributed by atoms with Crippen molar-refractivity contribution in [3.8, 4) is 0 Å². The summed E-state index contributed by atoms with van der Waals surface area (Å²) < 4.78 is 0. The second kappa shape index (κ2) is 8.32. The molecular formula is C19H20ClN3OS. The standard InChI is InChI=1S/C19H20ClN3OS/c20-16-7-9-17(10-8-16)22-19(25)21-12-14-4-1-2-5-15(14)13-23-11-3-6-18(23)24/h1-2,4-5,7-10H,3,6,11-13H2,(H2,21,22,25). The number of amides is 1. The molecule has 0 bridgehead atoms. The Balaban J connectivity index is 1.58. The monoisotopic (exact) mass is 373 g/mol. The fourth-order valence-corrected chi connectivity index (χ4v) is 3.16. The number of thiocarbonyl (C=S) groups is 1. The van der Waals surface area contributed by atoms with Gasteiger partial charge in [-0.1, -0.05) is 35.9 Å². The van der Waals surface area contributed by atoms with Crippen LogP contribution < -0.4 is 10.6 Å². The Labute approximate surface area is 158 Å². The van der Waals surface area contributed by atoms with E-state index >= 15 is 0 Å². The summed E-state index contributed by atoms with van der Waals surface area (Å²) in [6.07, 6.45) is 1.61. The average molecular weight is 374 g/mol. The third-order valence-corrected chi connectivity index (χ3v) is 4.69. The fraction of sp³-hybridized carbons (Fsp3) is 0.263. The van der Waals surface area contributed by atoms with Crippen molar-refractivity contribution in [3.63, 3.8) is 0 Å². The molecule has 1 aliphatic rings. The molecule has 0 aliphatic carbocycles. The highest BCUT2D eigenvalue weighted by Gasteiger charge is 2.20. The van der Waals surface area contributed by atoms with Gasteiger partial charge in [0.1, 0.15) is 0 Å². The van der Waals surface area contributed by atoms with Gasteiger partial charge in [-0.15, -0.1) is 0 Å². The highest BCUT2D eigenvalue weighted by Crippen LogP contribution is 2.17. The number of carbonyl (C=O) groups is 1. The summed E-state index contributed by atoms with van der Waals surface area (Å²) in [6, 6.07) is 15.5. The van der Waals surface area contributed by atoms with Crippen molar-refractivity contribution < 1.29 is 4.79 Å². The summed E-state index contributed by atoms with van der Waals surface area (Å²) in [5.74, 6) is 0.239. The first-order valence-corrected chi connectivity index (χ1v) is 9.05. The highest BCUT2D eigenvalue weighted by molar-refractivity contribution is 7.80. The van der Waals surface area contributed by atoms with Crippen molar-refractivity contribution >= 4 is 40.5 Å². The zero-order chi connectivity index (χ0) is 17.6. The molecular weight excluding hydrogens is 354 g/mol. The van der Waals surface area contributed by atoms with E-state index in [1.54, 1.807) is 0 Å². The lowest BCUT2D eigenvalue weighted by atomic mass is 10.1. The minimum Gasteiger partial charge on any atom is -0.358 e. The van der Waals surface area contributed by atoms with E-state index in [4.69, 9.17) is 23.8 Å². The lowest BCUT2D eigenvalue weighted by molar-refractivity contribution is -0.128. The van der Waals surface area contributed by atoms with Crippen molar-refractivity contribution in [1.82, 2.24) is 10.2 Å². The van der Waals surface area contributed by atoms with Crippen LogP contribution in [0, 0.1) is 0 Å². The summed E-state index contributed by atoms with van der Waals surface area (Å²) in [5.41, 5.74) is 3.18. The molecule has 1 aliphatic heterocycles. The van der Waals surface area contributed by atoms with Gasteiger partial charge in [0.05, 0.1) is 0 Å². The Morgan fingerprint density at radius 2 is 1.84 bits per heavy atom. The number of halogens is 1. The third kappa shape index (κ3) is 4.94. The maximum Gasteiger partial charge on any atom is 0.222 e. The van der Waals surface area contributed by atoms with Crippen molar-refractivity contribution in [2.24, 2.45) is 0 Å². The molecule has 1 fully saturated rings. The van der Waals surface area contributed by atoms with Crippen LogP contribution in [-0.4, -0.2) is 22.5 Å². The fourth-order valence-electron chi connectivity index (χ4n) is 2.85. The molecule has 0 radical (unpaired) electrons. The van der Waals surface area contributed by atoms with Gasteiger partial charge in [0.2, 0.25) is 5.91 Å². The molecule has 0 saturated carbocycles. The van der Waals surface area contributed by atoms with Gasteiger partial charge >= 0.3 is 0 Å². The van der Waals surface area contributed by atoms with Crippen LogP contribution in [0.1, 0.15) is 24.0 Å². The number of hydrogen-bond donors (Lipinski definition) is 2. The van der Waals surface area contributed by atoms with Gasteiger partial charge < -0.3 is 15.5 Å². The first-order chi connectivity index (χ1) is 12.1. The molecule has 1 saturated heterocycles. The van der Waals surface area contributed by atoms with Crippen molar-refractivity contribution in [3.05, 3.63) is 64.7 Å². The van der Waals surface area contributed by atoms with E-state index in [0.29, 0.717) is 29.6 Å². The molecule has 1 amide bonds. The molecule has 3 rings (SSSR count). The lowest BCUT2D eigenvalue weighted by Crippen LogP contribution is -2.29. The van der Waals surface area contributed by atoms with Gasteiger partial charge in [0.25, 0.3) is 0 Å². The van der Waals surface area contributed by atoms with Gasteiger partial charge in [0, 0.05) is 36.8 Å². The van der Waals surface area contributed by atoms with Gasteiger partial charge in [-0.25, -0.2) is 0 Å². The third-order valence-electron chi connectivity index (χ3n) is 4.19. The molecule has 6 heteroatoms. The number of anilines is 1. The SMILES string of the molecule is O=C1CCCN1Cc1ccccc1CNC(=S)Nc1ccc(Cl)cc1. The summed E-state index contributed by atoms with van der Waals surface area (Å²) in [7, 11) is 0. The van der Waals surface area contributed by atoms with Crippen LogP contribution in [0.25, 0.3) is 0 Å². The number of benzene rings is 2. The van der Waals surface area contributed by atoms with Gasteiger partial charge in [-0.3, -0.25) is 4.79 Å². The van der Waals surface area contributed by atoms with Gasteiger partial charge in [-0.05, 0) is 54.0 Å². The van der Waals surface area contributed by atoms with Crippen LogP contribution in [0.5, 0.6) is 0 Å². The van der Waals surface area contributed by atoms with E-state index in [-0.39, 0.29) is 5.91 Å². The molecule has 130 valence electrons. The van der Waals surface area contributed by atoms with E-state index in [9.17, 15) is 4.79 Å². The Morgan fingerprint density at radius 3 is 2.52 bits per heavy atom. The first kappa shape index (κ1) is 17.7. The first-order valence-electron chi connectivity index (χ1n) is 8.27. The van der Waals surface area contributed by atoms with Crippen LogP contribution in [0.2, 0.25) is 5.02 Å². The Kier molecular flexibility index (Phi) is 5.89. The topological polar surface area (TPSA) is 44.4 Å². The minimum absolute atomic E-state index is 0.239. The average Bonchev–Trinajstić information content (AvgIpc) is 3.01. The highest BCUT2D eigenvalue weighted by atomic mass is 35.5. The molecule has 2 aromatic carbocycles. The zero-order valence-corrected chi connectivity index (χ0v) is 15.4. The smallest absolute Gasteiger partial charge is 0.222 e. The van der Waals surface area contributed by atoms with Crippen LogP contribution in [0.3, 0.4) is 0 Å². The number of hydrogen-bond acceptors (Lipinski definition) is 2. The lowest BCUT2D eigenvalue weighted by Gasteiger charge is -2.19. The zero-order valence-electron chi connectivity index (χ0n) is 13.8. The van der Waals surface area contributed by atoms with Crippen LogP contribution in [0.15, 0.2) is 48.5 Å². The van der Waals surface area contributed by atoms with Crippen molar-refractivity contribution in [1.29, 1.82) is 0 Å². The van der Waals surface area contributed by atoms with E-state index in [1.165, 1.54) is 0 Å². The Morgan fingerprint density at radius 1 is 1.12 bits per heavy atom. The van der Waals surface area contributed by atoms with E-state index in [0.717, 1.165) is 29.8 Å². The number of rotatable bonds is 5. The van der Waals surface area contributed by atoms with Gasteiger partial charge in [0.15, 0.2) is 5.11 Å². The van der Waals surface area contributed by atoms with Crippen molar-refractivity contribution in [2.45, 2.75) is 25.9 Å². The second-order valence-electron chi connectivity index (χ2n) is 6.00. The van der Waals surface area contributed by atoms with Crippen LogP contribution in [-0.2, 0) is 17.9 Å². The molecule has 0 unspecified atom stereocenters. The molecule has 0 spiro atoms. The van der Waals surface area contributed by atoms with E-state index in [2.05, 4.69) is 22.8 Å². The summed E-state index contributed by atoms with van der Waals surface area (Å²) in [5, 5.41) is 7.60. The summed E-state index contributed by atoms with van der Waals surface area (Å²) in [6.45, 7) is 2.11. The molecule has 0 atom stereocenters. The Bertz CT molecular complexity index is 764. The summed E-state index contributed by atoms with van der Waals surface area (Å²) >= 11 is 11.2. The maximum absolute atomic E-state index is 11.9. The number of likely N-dealkylation sites (tertiary alicyclic amines) is 1. The molecule has 2 aromatic rings. The number of nitrogens with one attached hydrogen (secondary N) is 2. The molecule has 2 N–H and O–H groups in total. The second-order valence-corrected chi connectivity index (χ2v) is 6.85. The Hall–Kier alpha value is -2.11. The quantitative estimate of drug-likeness (QED) is 0.779. The predicted octanol–water partition coefficient (Wildman–Crippen LogP) is 3.95. The largest absolute Gasteiger partial charge is 0.358 e. The molecule has 4 nitrogen and oxygen atoms in total. The number of carbonyl (C=O) groups excluding carboxylic acids is 1. The molecule has 1 heterocycles. The molecule has 0 aromatic heterocycles. The maximum atomic E-state index is 11.9.